The summed E-state index contributed by atoms with van der Waals surface area (Å²) in [5.41, 5.74) is 0. The highest BCUT2D eigenvalue weighted by atomic mass is 16.5. The van der Waals surface area contributed by atoms with Gasteiger partial charge >= 0.3 is 0 Å². The zero-order valence-corrected chi connectivity index (χ0v) is 16.5. The molecule has 0 spiro atoms. The van der Waals surface area contributed by atoms with Crippen molar-refractivity contribution in [2.75, 3.05) is 46.6 Å². The average molecular weight is 344 g/mol. The van der Waals surface area contributed by atoms with Crippen LogP contribution < -0.4 is 0 Å². The molecule has 5 heteroatoms. The van der Waals surface area contributed by atoms with Crippen LogP contribution in [0.25, 0.3) is 0 Å². The Labute approximate surface area is 149 Å². The molecule has 0 unspecified atom stereocenters. The maximum atomic E-state index is 11.9. The maximum Gasteiger partial charge on any atom is 0.224 e. The molecule has 1 fully saturated rings. The summed E-state index contributed by atoms with van der Waals surface area (Å²) in [6.07, 6.45) is 2.59. The highest BCUT2D eigenvalue weighted by Crippen LogP contribution is 2.13. The van der Waals surface area contributed by atoms with Crippen LogP contribution in [0.3, 0.4) is 0 Å². The first kappa shape index (κ1) is 25.2. The fourth-order valence-electron chi connectivity index (χ4n) is 2.07. The van der Waals surface area contributed by atoms with Crippen LogP contribution in [0.15, 0.2) is 0 Å². The number of methoxy groups -OCH3 is 1. The molecule has 142 valence electrons. The van der Waals surface area contributed by atoms with Crippen LogP contribution in [0, 0.1) is 11.8 Å². The fraction of sp³-hybridized carbons (Fsp3) is 0.842. The molecule has 1 aliphatic heterocycles. The summed E-state index contributed by atoms with van der Waals surface area (Å²) in [5.74, 6) is 5.73. The Hall–Kier alpha value is -1.09. The summed E-state index contributed by atoms with van der Waals surface area (Å²) in [6.45, 7) is 13.3. The number of likely N-dealkylation sites (tertiary alicyclic amines) is 1. The van der Waals surface area contributed by atoms with Gasteiger partial charge in [0.1, 0.15) is 6.61 Å². The molecule has 1 amide bonds. The lowest BCUT2D eigenvalue weighted by Gasteiger charge is -2.31. The topological polar surface area (TPSA) is 48.0 Å². The molecule has 0 N–H and O–H groups in total. The number of piperidine rings is 1. The van der Waals surface area contributed by atoms with Gasteiger partial charge in [-0.1, -0.05) is 33.6 Å². The molecular weight excluding hydrogens is 306 g/mol. The van der Waals surface area contributed by atoms with Crippen LogP contribution in [-0.4, -0.2) is 63.5 Å². The predicted octanol–water partition coefficient (Wildman–Crippen LogP) is 3.12. The molecule has 5 nitrogen and oxygen atoms in total. The molecule has 1 heterocycles. The fourth-order valence-corrected chi connectivity index (χ4v) is 2.07. The summed E-state index contributed by atoms with van der Waals surface area (Å²) in [5, 5.41) is 0. The van der Waals surface area contributed by atoms with Crippen molar-refractivity contribution < 1.29 is 19.0 Å². The summed E-state index contributed by atoms with van der Waals surface area (Å²) in [6, 6.07) is 0. The Morgan fingerprint density at radius 3 is 2.17 bits per heavy atom. The lowest BCUT2D eigenvalue weighted by molar-refractivity contribution is -0.134. The van der Waals surface area contributed by atoms with Crippen molar-refractivity contribution in [2.24, 2.45) is 0 Å². The summed E-state index contributed by atoms with van der Waals surface area (Å²) < 4.78 is 15.9. The minimum absolute atomic E-state index is 0.164. The van der Waals surface area contributed by atoms with Crippen molar-refractivity contribution >= 4 is 5.91 Å². The van der Waals surface area contributed by atoms with E-state index in [9.17, 15) is 4.79 Å². The van der Waals surface area contributed by atoms with Gasteiger partial charge in [0, 0.05) is 20.2 Å². The molecule has 0 aromatic heterocycles. The van der Waals surface area contributed by atoms with Gasteiger partial charge in [0.05, 0.1) is 32.3 Å². The van der Waals surface area contributed by atoms with Gasteiger partial charge in [-0.05, 0) is 19.8 Å². The Balaban J connectivity index is 0. The van der Waals surface area contributed by atoms with E-state index in [1.807, 2.05) is 32.6 Å². The van der Waals surface area contributed by atoms with Crippen LogP contribution in [0.5, 0.6) is 0 Å². The van der Waals surface area contributed by atoms with E-state index in [4.69, 9.17) is 14.2 Å². The maximum absolute atomic E-state index is 11.9. The van der Waals surface area contributed by atoms with Crippen molar-refractivity contribution in [2.45, 2.75) is 60.0 Å². The van der Waals surface area contributed by atoms with Crippen LogP contribution in [0.2, 0.25) is 0 Å². The molecule has 0 radical (unpaired) electrons. The van der Waals surface area contributed by atoms with Crippen LogP contribution in [0.4, 0.5) is 0 Å². The Kier molecular flexibility index (Phi) is 20.9. The van der Waals surface area contributed by atoms with E-state index >= 15 is 0 Å². The molecule has 24 heavy (non-hydrogen) atoms. The molecule has 0 aromatic rings. The number of carbonyl (C=O) groups is 1. The van der Waals surface area contributed by atoms with Gasteiger partial charge in [0.2, 0.25) is 5.91 Å². The van der Waals surface area contributed by atoms with Gasteiger partial charge in [-0.3, -0.25) is 4.79 Å². The average Bonchev–Trinajstić information content (AvgIpc) is 2.67. The zero-order valence-electron chi connectivity index (χ0n) is 16.5. The van der Waals surface area contributed by atoms with Crippen molar-refractivity contribution in [1.82, 2.24) is 4.90 Å². The highest BCUT2D eigenvalue weighted by molar-refractivity contribution is 5.76. The predicted molar refractivity (Wildman–Crippen MR) is 99.0 cm³/mol. The number of carbonyl (C=O) groups excluding carboxylic acids is 1. The van der Waals surface area contributed by atoms with E-state index in [1.54, 1.807) is 14.0 Å². The molecule has 1 aliphatic rings. The summed E-state index contributed by atoms with van der Waals surface area (Å²) >= 11 is 0. The third-order valence-corrected chi connectivity index (χ3v) is 3.31. The second-order valence-electron chi connectivity index (χ2n) is 4.66. The molecule has 1 rings (SSSR count). The Morgan fingerprint density at radius 2 is 1.62 bits per heavy atom. The third kappa shape index (κ3) is 13.4. The monoisotopic (exact) mass is 343 g/mol. The second-order valence-corrected chi connectivity index (χ2v) is 4.66. The first-order chi connectivity index (χ1) is 11.8. The minimum Gasteiger partial charge on any atom is -0.381 e. The molecule has 0 aliphatic carbocycles. The number of nitrogens with zero attached hydrogens (tertiary/aromatic N) is 1. The van der Waals surface area contributed by atoms with Crippen molar-refractivity contribution in [3.8, 4) is 11.8 Å². The van der Waals surface area contributed by atoms with Crippen LogP contribution in [0.1, 0.15) is 53.9 Å². The lowest BCUT2D eigenvalue weighted by Crippen LogP contribution is -2.40. The van der Waals surface area contributed by atoms with Crippen molar-refractivity contribution in [1.29, 1.82) is 0 Å². The van der Waals surface area contributed by atoms with Gasteiger partial charge in [-0.2, -0.15) is 0 Å². The van der Waals surface area contributed by atoms with Gasteiger partial charge < -0.3 is 19.1 Å². The quantitative estimate of drug-likeness (QED) is 0.502. The van der Waals surface area contributed by atoms with E-state index in [1.165, 1.54) is 0 Å². The van der Waals surface area contributed by atoms with Crippen LogP contribution >= 0.6 is 0 Å². The van der Waals surface area contributed by atoms with Crippen LogP contribution in [-0.2, 0) is 19.0 Å². The van der Waals surface area contributed by atoms with Gasteiger partial charge in [0.25, 0.3) is 0 Å². The molecule has 0 aromatic carbocycles. The Bertz CT molecular complexity index is 328. The van der Waals surface area contributed by atoms with Crippen molar-refractivity contribution in [3.05, 3.63) is 0 Å². The van der Waals surface area contributed by atoms with E-state index < -0.39 is 0 Å². The number of ether oxygens (including phenoxy) is 3. The summed E-state index contributed by atoms with van der Waals surface area (Å²) in [7, 11) is 1.73. The standard InChI is InChI=1S/C15H25NO4.2C2H6/c1-3-4-10-19-12-13-20-11-7-15(17)16-8-5-14(18-2)6-9-16;2*1-2/h14H,5-13H2,1-2H3;2*1-2H3. The van der Waals surface area contributed by atoms with E-state index in [-0.39, 0.29) is 5.91 Å². The number of hydrogen-bond acceptors (Lipinski definition) is 4. The molecule has 0 atom stereocenters. The van der Waals surface area contributed by atoms with Gasteiger partial charge in [0.15, 0.2) is 0 Å². The smallest absolute Gasteiger partial charge is 0.224 e. The molecule has 0 bridgehead atoms. The SMILES string of the molecule is CC.CC.CC#CCOCCOCCC(=O)N1CCC(OC)CC1. The summed E-state index contributed by atoms with van der Waals surface area (Å²) in [4.78, 5) is 13.8. The second kappa shape index (κ2) is 20.0. The Morgan fingerprint density at radius 1 is 1.04 bits per heavy atom. The third-order valence-electron chi connectivity index (χ3n) is 3.31. The van der Waals surface area contributed by atoms with Crippen molar-refractivity contribution in [3.63, 3.8) is 0 Å². The zero-order chi connectivity index (χ0) is 18.6. The normalized spacial score (nSPS) is 13.7. The number of rotatable bonds is 8. The van der Waals surface area contributed by atoms with Gasteiger partial charge in [-0.15, -0.1) is 5.92 Å². The minimum atomic E-state index is 0.164. The van der Waals surface area contributed by atoms with Gasteiger partial charge in [-0.25, -0.2) is 0 Å². The lowest BCUT2D eigenvalue weighted by atomic mass is 10.1. The molecule has 1 saturated heterocycles. The largest absolute Gasteiger partial charge is 0.381 e. The van der Waals surface area contributed by atoms with E-state index in [0.29, 0.717) is 39.0 Å². The molecule has 0 saturated carbocycles. The van der Waals surface area contributed by atoms with E-state index in [2.05, 4.69) is 11.8 Å². The molecular formula is C19H37NO4. The number of hydrogen-bond donors (Lipinski definition) is 0. The highest BCUT2D eigenvalue weighted by Gasteiger charge is 2.21. The first-order valence-electron chi connectivity index (χ1n) is 9.13. The first-order valence-corrected chi connectivity index (χ1v) is 9.13. The van der Waals surface area contributed by atoms with E-state index in [0.717, 1.165) is 25.9 Å². The number of amides is 1.